The fourth-order valence-corrected chi connectivity index (χ4v) is 3.09. The smallest absolute Gasteiger partial charge is 0.320 e. The number of nitrogens with zero attached hydrogens (tertiary/aromatic N) is 2. The van der Waals surface area contributed by atoms with E-state index in [-0.39, 0.29) is 17.7 Å². The Balaban J connectivity index is 1.76. The highest BCUT2D eigenvalue weighted by atomic mass is 16.5. The van der Waals surface area contributed by atoms with Crippen LogP contribution in [0.1, 0.15) is 31.1 Å². The Labute approximate surface area is 138 Å². The molecule has 2 saturated heterocycles. The third kappa shape index (κ3) is 3.51. The number of carbonyl (C=O) groups excluding carboxylic acids is 1. The summed E-state index contributed by atoms with van der Waals surface area (Å²) in [6.07, 6.45) is -0.0615. The Kier molecular flexibility index (Phi) is 4.60. The molecule has 2 amide bonds. The molecule has 23 heavy (non-hydrogen) atoms. The highest BCUT2D eigenvalue weighted by molar-refractivity contribution is 5.75. The van der Waals surface area contributed by atoms with Crippen LogP contribution in [0.3, 0.4) is 0 Å². The first-order chi connectivity index (χ1) is 11.0. The summed E-state index contributed by atoms with van der Waals surface area (Å²) in [5.41, 5.74) is 2.06. The van der Waals surface area contributed by atoms with Crippen LogP contribution >= 0.6 is 0 Å². The fourth-order valence-electron chi connectivity index (χ4n) is 3.09. The van der Waals surface area contributed by atoms with Crippen LogP contribution in [0.25, 0.3) is 0 Å². The maximum atomic E-state index is 12.9. The summed E-state index contributed by atoms with van der Waals surface area (Å²) in [6, 6.07) is 8.46. The lowest BCUT2D eigenvalue weighted by Gasteiger charge is -2.47. The molecule has 0 radical (unpaired) electrons. The zero-order chi connectivity index (χ0) is 16.4. The van der Waals surface area contributed by atoms with E-state index < -0.39 is 0 Å². The normalized spacial score (nSPS) is 24.6. The Morgan fingerprint density at radius 3 is 2.48 bits per heavy atom. The van der Waals surface area contributed by atoms with Crippen molar-refractivity contribution in [1.29, 1.82) is 0 Å². The molecule has 0 aliphatic carbocycles. The molecule has 1 aromatic rings. The molecule has 2 heterocycles. The minimum Gasteiger partial charge on any atom is -0.378 e. The van der Waals surface area contributed by atoms with Crippen LogP contribution in [-0.2, 0) is 9.47 Å². The van der Waals surface area contributed by atoms with Crippen LogP contribution in [0, 0.1) is 6.92 Å². The molecule has 0 aromatic heterocycles. The number of ether oxygens (including phenoxy) is 2. The van der Waals surface area contributed by atoms with Crippen molar-refractivity contribution < 1.29 is 14.3 Å². The number of morpholine rings is 2. The molecule has 2 fully saturated rings. The highest BCUT2D eigenvalue weighted by Crippen LogP contribution is 2.31. The summed E-state index contributed by atoms with van der Waals surface area (Å²) in [5, 5.41) is 0. The number of hydrogen-bond donors (Lipinski definition) is 0. The summed E-state index contributed by atoms with van der Waals surface area (Å²) >= 11 is 0. The Morgan fingerprint density at radius 2 is 1.83 bits per heavy atom. The van der Waals surface area contributed by atoms with Gasteiger partial charge in [-0.1, -0.05) is 29.8 Å². The zero-order valence-electron chi connectivity index (χ0n) is 14.2. The van der Waals surface area contributed by atoms with Crippen LogP contribution in [0.4, 0.5) is 4.79 Å². The van der Waals surface area contributed by atoms with Gasteiger partial charge in [0.25, 0.3) is 0 Å². The molecule has 5 nitrogen and oxygen atoms in total. The van der Waals surface area contributed by atoms with Gasteiger partial charge < -0.3 is 19.3 Å². The summed E-state index contributed by atoms with van der Waals surface area (Å²) in [6.45, 7) is 9.92. The Hall–Kier alpha value is -1.59. The summed E-state index contributed by atoms with van der Waals surface area (Å²) in [4.78, 5) is 16.8. The molecule has 1 unspecified atom stereocenters. The molecule has 0 spiro atoms. The van der Waals surface area contributed by atoms with Gasteiger partial charge in [0.1, 0.15) is 6.10 Å². The van der Waals surface area contributed by atoms with Gasteiger partial charge in [-0.3, -0.25) is 0 Å². The number of aryl methyl sites for hydroxylation is 1. The lowest BCUT2D eigenvalue weighted by molar-refractivity contribution is -0.0878. The maximum absolute atomic E-state index is 12.9. The molecule has 3 rings (SSSR count). The molecule has 1 aromatic carbocycles. The second-order valence-corrected chi connectivity index (χ2v) is 7.02. The minimum atomic E-state index is -0.295. The number of benzene rings is 1. The Bertz CT molecular complexity index is 550. The topological polar surface area (TPSA) is 42.0 Å². The first kappa shape index (κ1) is 16.3. The van der Waals surface area contributed by atoms with E-state index >= 15 is 0 Å². The van der Waals surface area contributed by atoms with Gasteiger partial charge in [0.15, 0.2) is 0 Å². The van der Waals surface area contributed by atoms with Crippen LogP contribution in [0.15, 0.2) is 24.3 Å². The average Bonchev–Trinajstić information content (AvgIpc) is 2.56. The lowest BCUT2D eigenvalue weighted by Crippen LogP contribution is -2.60. The zero-order valence-corrected chi connectivity index (χ0v) is 14.2. The van der Waals surface area contributed by atoms with Crippen molar-refractivity contribution in [3.05, 3.63) is 35.4 Å². The summed E-state index contributed by atoms with van der Waals surface area (Å²) in [5.74, 6) is 0. The van der Waals surface area contributed by atoms with Crippen LogP contribution in [-0.4, -0.2) is 60.8 Å². The second kappa shape index (κ2) is 6.49. The van der Waals surface area contributed by atoms with E-state index in [9.17, 15) is 4.79 Å². The van der Waals surface area contributed by atoms with Gasteiger partial charge in [-0.25, -0.2) is 4.79 Å². The Morgan fingerprint density at radius 1 is 1.17 bits per heavy atom. The average molecular weight is 318 g/mol. The van der Waals surface area contributed by atoms with Gasteiger partial charge in [-0.15, -0.1) is 0 Å². The molecule has 1 atom stereocenters. The van der Waals surface area contributed by atoms with Crippen molar-refractivity contribution >= 4 is 6.03 Å². The van der Waals surface area contributed by atoms with E-state index in [0.29, 0.717) is 39.5 Å². The van der Waals surface area contributed by atoms with Gasteiger partial charge >= 0.3 is 6.03 Å². The van der Waals surface area contributed by atoms with E-state index in [2.05, 4.69) is 45.0 Å². The van der Waals surface area contributed by atoms with Crippen LogP contribution in [0.5, 0.6) is 0 Å². The van der Waals surface area contributed by atoms with Crippen LogP contribution < -0.4 is 0 Å². The third-order valence-corrected chi connectivity index (χ3v) is 4.68. The number of urea groups is 1. The molecule has 0 N–H and O–H groups in total. The predicted octanol–water partition coefficient (Wildman–Crippen LogP) is 2.60. The molecule has 2 aliphatic rings. The van der Waals surface area contributed by atoms with Gasteiger partial charge in [0.05, 0.1) is 31.9 Å². The fraction of sp³-hybridized carbons (Fsp3) is 0.611. The van der Waals surface area contributed by atoms with Crippen molar-refractivity contribution in [2.45, 2.75) is 32.4 Å². The van der Waals surface area contributed by atoms with E-state index in [1.807, 2.05) is 9.80 Å². The largest absolute Gasteiger partial charge is 0.378 e. The molecular weight excluding hydrogens is 292 g/mol. The lowest BCUT2D eigenvalue weighted by atomic mass is 9.98. The first-order valence-electron chi connectivity index (χ1n) is 8.30. The SMILES string of the molecule is Cc1ccc(C2CN(C(=O)N3CCOCC3)C(C)(C)CO2)cc1. The quantitative estimate of drug-likeness (QED) is 0.799. The molecule has 5 heteroatoms. The first-order valence-corrected chi connectivity index (χ1v) is 8.30. The number of rotatable bonds is 1. The molecule has 0 bridgehead atoms. The van der Waals surface area contributed by atoms with Crippen molar-refractivity contribution in [2.24, 2.45) is 0 Å². The predicted molar refractivity (Wildman–Crippen MR) is 88.4 cm³/mol. The van der Waals surface area contributed by atoms with Crippen molar-refractivity contribution in [1.82, 2.24) is 9.80 Å². The summed E-state index contributed by atoms with van der Waals surface area (Å²) < 4.78 is 11.4. The van der Waals surface area contributed by atoms with Crippen molar-refractivity contribution in [2.75, 3.05) is 39.5 Å². The second-order valence-electron chi connectivity index (χ2n) is 7.02. The summed E-state index contributed by atoms with van der Waals surface area (Å²) in [7, 11) is 0. The van der Waals surface area contributed by atoms with E-state index in [1.54, 1.807) is 0 Å². The van der Waals surface area contributed by atoms with Gasteiger partial charge in [0, 0.05) is 13.1 Å². The van der Waals surface area contributed by atoms with Crippen LogP contribution in [0.2, 0.25) is 0 Å². The molecular formula is C18H26N2O3. The standard InChI is InChI=1S/C18H26N2O3/c1-14-4-6-15(7-5-14)16-12-20(18(2,3)13-23-16)17(21)19-8-10-22-11-9-19/h4-7,16H,8-13H2,1-3H3. The number of carbonyl (C=O) groups is 1. The number of hydrogen-bond acceptors (Lipinski definition) is 3. The molecule has 126 valence electrons. The van der Waals surface area contributed by atoms with E-state index in [4.69, 9.17) is 9.47 Å². The van der Waals surface area contributed by atoms with Crippen molar-refractivity contribution in [3.8, 4) is 0 Å². The minimum absolute atomic E-state index is 0.0615. The van der Waals surface area contributed by atoms with Gasteiger partial charge in [-0.05, 0) is 26.3 Å². The monoisotopic (exact) mass is 318 g/mol. The van der Waals surface area contributed by atoms with E-state index in [1.165, 1.54) is 5.56 Å². The molecule has 2 aliphatic heterocycles. The maximum Gasteiger partial charge on any atom is 0.320 e. The molecule has 0 saturated carbocycles. The van der Waals surface area contributed by atoms with Gasteiger partial charge in [-0.2, -0.15) is 0 Å². The number of amides is 2. The van der Waals surface area contributed by atoms with Gasteiger partial charge in [0.2, 0.25) is 0 Å². The third-order valence-electron chi connectivity index (χ3n) is 4.68. The highest BCUT2D eigenvalue weighted by Gasteiger charge is 2.40. The van der Waals surface area contributed by atoms with E-state index in [0.717, 1.165) is 5.56 Å². The van der Waals surface area contributed by atoms with Crippen molar-refractivity contribution in [3.63, 3.8) is 0 Å².